The number of ether oxygens (including phenoxy) is 1. The predicted molar refractivity (Wildman–Crippen MR) is 128 cm³/mol. The molecule has 3 heterocycles. The van der Waals surface area contributed by atoms with Crippen molar-refractivity contribution >= 4 is 34.0 Å². The van der Waals surface area contributed by atoms with Gasteiger partial charge in [-0.1, -0.05) is 48.0 Å². The Morgan fingerprint density at radius 3 is 2.76 bits per heavy atom. The normalized spacial score (nSPS) is 19.4. The molecule has 2 aromatic carbocycles. The zero-order valence-electron chi connectivity index (χ0n) is 17.8. The number of morpholine rings is 1. The van der Waals surface area contributed by atoms with Gasteiger partial charge in [-0.05, 0) is 35.4 Å². The van der Waals surface area contributed by atoms with Gasteiger partial charge in [-0.2, -0.15) is 4.36 Å². The molecule has 2 atom stereocenters. The van der Waals surface area contributed by atoms with Gasteiger partial charge in [-0.15, -0.1) is 0 Å². The minimum atomic E-state index is -1.99. The molecule has 0 N–H and O–H groups in total. The van der Waals surface area contributed by atoms with E-state index in [-0.39, 0.29) is 12.0 Å². The van der Waals surface area contributed by atoms with Gasteiger partial charge in [0.1, 0.15) is 16.9 Å². The lowest BCUT2D eigenvalue weighted by Gasteiger charge is -2.33. The number of carbonyl (C=O) groups is 1. The van der Waals surface area contributed by atoms with Crippen molar-refractivity contribution in [3.63, 3.8) is 0 Å². The van der Waals surface area contributed by atoms with Crippen molar-refractivity contribution in [3.05, 3.63) is 94.3 Å². The van der Waals surface area contributed by atoms with Gasteiger partial charge in [-0.3, -0.25) is 9.78 Å². The Kier molecular flexibility index (Phi) is 6.41. The third kappa shape index (κ3) is 4.79. The summed E-state index contributed by atoms with van der Waals surface area (Å²) in [5, 5.41) is 0.291. The number of carbonyl (C=O) groups excluding carboxylic acids is 1. The molecule has 2 aliphatic rings. The average Bonchev–Trinajstić information content (AvgIpc) is 3.29. The van der Waals surface area contributed by atoms with Gasteiger partial charge in [0, 0.05) is 19.3 Å². The molecule has 33 heavy (non-hydrogen) atoms. The Morgan fingerprint density at radius 2 is 1.97 bits per heavy atom. The molecule has 2 aliphatic heterocycles. The number of pyridine rings is 1. The van der Waals surface area contributed by atoms with Crippen molar-refractivity contribution < 1.29 is 13.7 Å². The molecule has 1 amide bonds. The number of fused-ring (bicyclic) bond motifs is 1. The first-order chi connectivity index (χ1) is 16.1. The van der Waals surface area contributed by atoms with Gasteiger partial charge in [0.05, 0.1) is 41.7 Å². The fourth-order valence-corrected chi connectivity index (χ4v) is 5.31. The lowest BCUT2D eigenvalue weighted by molar-refractivity contribution is -0.0228. The molecule has 1 saturated heterocycles. The van der Waals surface area contributed by atoms with E-state index in [4.69, 9.17) is 16.3 Å². The molecule has 0 saturated carbocycles. The zero-order chi connectivity index (χ0) is 22.8. The van der Waals surface area contributed by atoms with Gasteiger partial charge >= 0.3 is 0 Å². The second kappa shape index (κ2) is 9.61. The highest BCUT2D eigenvalue weighted by Gasteiger charge is 2.27. The van der Waals surface area contributed by atoms with Gasteiger partial charge in [0.25, 0.3) is 5.91 Å². The SMILES string of the molecule is O=C(c1ccc(/N=[SH](=O)/N2Cc3cccnc3C2)cc1Cl)N1CCO[C@@H](c2ccccc2)C1. The highest BCUT2D eigenvalue weighted by Crippen LogP contribution is 2.28. The molecule has 1 aromatic heterocycles. The van der Waals surface area contributed by atoms with Crippen LogP contribution < -0.4 is 0 Å². The number of rotatable bonds is 4. The molecule has 7 nitrogen and oxygen atoms in total. The van der Waals surface area contributed by atoms with Crippen LogP contribution in [0.3, 0.4) is 0 Å². The molecule has 0 spiro atoms. The van der Waals surface area contributed by atoms with E-state index in [9.17, 15) is 9.00 Å². The summed E-state index contributed by atoms with van der Waals surface area (Å²) >= 11 is 6.46. The number of aromatic nitrogens is 1. The molecule has 0 bridgehead atoms. The van der Waals surface area contributed by atoms with Gasteiger partial charge in [-0.25, -0.2) is 8.51 Å². The highest BCUT2D eigenvalue weighted by molar-refractivity contribution is 7.72. The zero-order valence-corrected chi connectivity index (χ0v) is 19.5. The van der Waals surface area contributed by atoms with E-state index in [0.29, 0.717) is 49.1 Å². The average molecular weight is 483 g/mol. The van der Waals surface area contributed by atoms with E-state index < -0.39 is 10.8 Å². The van der Waals surface area contributed by atoms with Crippen LogP contribution in [0.5, 0.6) is 0 Å². The third-order valence-electron chi connectivity index (χ3n) is 5.82. The Morgan fingerprint density at radius 1 is 1.12 bits per heavy atom. The van der Waals surface area contributed by atoms with Crippen LogP contribution in [-0.4, -0.2) is 44.0 Å². The smallest absolute Gasteiger partial charge is 0.255 e. The summed E-state index contributed by atoms with van der Waals surface area (Å²) in [6.45, 7) is 2.47. The minimum Gasteiger partial charge on any atom is -0.370 e. The summed E-state index contributed by atoms with van der Waals surface area (Å²) in [4.78, 5) is 19.2. The molecule has 1 fully saturated rings. The van der Waals surface area contributed by atoms with Crippen molar-refractivity contribution in [3.8, 4) is 0 Å². The number of nitrogens with zero attached hydrogens (tertiary/aromatic N) is 4. The summed E-state index contributed by atoms with van der Waals surface area (Å²) in [6, 6.07) is 18.7. The lowest BCUT2D eigenvalue weighted by Crippen LogP contribution is -2.42. The Labute approximate surface area is 199 Å². The first-order valence-corrected chi connectivity index (χ1v) is 12.2. The number of thiol groups is 1. The molecular weight excluding hydrogens is 460 g/mol. The van der Waals surface area contributed by atoms with E-state index in [1.165, 1.54) is 0 Å². The summed E-state index contributed by atoms with van der Waals surface area (Å²) in [5.41, 5.74) is 3.91. The van der Waals surface area contributed by atoms with Crippen LogP contribution in [-0.2, 0) is 28.6 Å². The second-order valence-corrected chi connectivity index (χ2v) is 9.65. The maximum absolute atomic E-state index is 13.1. The van der Waals surface area contributed by atoms with Crippen molar-refractivity contribution in [2.75, 3.05) is 19.7 Å². The molecule has 3 aromatic rings. The topological polar surface area (TPSA) is 75.1 Å². The Hall–Kier alpha value is -2.78. The van der Waals surface area contributed by atoms with Crippen LogP contribution in [0.15, 0.2) is 71.2 Å². The van der Waals surface area contributed by atoms with Gasteiger partial charge < -0.3 is 9.64 Å². The number of hydrogen-bond acceptors (Lipinski definition) is 5. The fourth-order valence-electron chi connectivity index (χ4n) is 4.08. The summed E-state index contributed by atoms with van der Waals surface area (Å²) < 4.78 is 24.7. The number of hydrogen-bond donors (Lipinski definition) is 1. The molecule has 9 heteroatoms. The number of halogens is 1. The molecule has 1 unspecified atom stereocenters. The van der Waals surface area contributed by atoms with Crippen LogP contribution in [0.1, 0.15) is 33.3 Å². The first-order valence-electron chi connectivity index (χ1n) is 10.7. The van der Waals surface area contributed by atoms with Crippen molar-refractivity contribution in [2.45, 2.75) is 19.2 Å². The first kappa shape index (κ1) is 22.0. The molecule has 0 aliphatic carbocycles. The second-order valence-electron chi connectivity index (χ2n) is 7.97. The van der Waals surface area contributed by atoms with E-state index >= 15 is 0 Å². The standard InChI is InChI=1S/C24H23ClN4O3S/c25-21-13-19(27-33(31)29-14-18-7-4-10-26-22(18)15-29)8-9-20(21)24(30)28-11-12-32-23(16-28)17-5-2-1-3-6-17/h1-10,13,23,33H,11-12,14-16H2/t23-/m1/s1. The number of benzene rings is 2. The van der Waals surface area contributed by atoms with Crippen LogP contribution >= 0.6 is 11.6 Å². The van der Waals surface area contributed by atoms with Crippen LogP contribution in [0.25, 0.3) is 0 Å². The van der Waals surface area contributed by atoms with Gasteiger partial charge in [0.2, 0.25) is 0 Å². The van der Waals surface area contributed by atoms with Crippen LogP contribution in [0.2, 0.25) is 5.02 Å². The molecular formula is C24H23ClN4O3S. The van der Waals surface area contributed by atoms with Crippen molar-refractivity contribution in [1.82, 2.24) is 14.2 Å². The minimum absolute atomic E-state index is 0.152. The van der Waals surface area contributed by atoms with Crippen molar-refractivity contribution in [1.29, 1.82) is 0 Å². The molecule has 170 valence electrons. The quantitative estimate of drug-likeness (QED) is 0.566. The highest BCUT2D eigenvalue weighted by atomic mass is 35.5. The largest absolute Gasteiger partial charge is 0.370 e. The van der Waals surface area contributed by atoms with Crippen molar-refractivity contribution in [2.24, 2.45) is 4.36 Å². The summed E-state index contributed by atoms with van der Waals surface area (Å²) in [7, 11) is -1.99. The van der Waals surface area contributed by atoms with Crippen LogP contribution in [0.4, 0.5) is 5.69 Å². The van der Waals surface area contributed by atoms with Gasteiger partial charge in [0.15, 0.2) is 0 Å². The fraction of sp³-hybridized carbons (Fsp3) is 0.250. The Balaban J connectivity index is 1.29. The predicted octanol–water partition coefficient (Wildman–Crippen LogP) is 4.18. The van der Waals surface area contributed by atoms with Crippen LogP contribution in [0, 0.1) is 0 Å². The maximum Gasteiger partial charge on any atom is 0.255 e. The maximum atomic E-state index is 13.1. The summed E-state index contributed by atoms with van der Waals surface area (Å²) in [6.07, 6.45) is 1.57. The number of amides is 1. The lowest BCUT2D eigenvalue weighted by atomic mass is 10.1. The van der Waals surface area contributed by atoms with E-state index in [2.05, 4.69) is 9.35 Å². The van der Waals surface area contributed by atoms with E-state index in [0.717, 1.165) is 16.8 Å². The van der Waals surface area contributed by atoms with E-state index in [1.54, 1.807) is 33.6 Å². The molecule has 0 radical (unpaired) electrons. The summed E-state index contributed by atoms with van der Waals surface area (Å²) in [5.74, 6) is -0.152. The Bertz CT molecular complexity index is 1240. The van der Waals surface area contributed by atoms with E-state index in [1.807, 2.05) is 42.5 Å². The monoisotopic (exact) mass is 482 g/mol. The molecule has 5 rings (SSSR count). The third-order valence-corrected chi connectivity index (χ3v) is 7.30.